The maximum Gasteiger partial charge on any atom is 0.251 e. The molecule has 2 rings (SSSR count). The molecule has 0 aromatic heterocycles. The fourth-order valence-electron chi connectivity index (χ4n) is 2.06. The number of nitrogens with one attached hydrogen (secondary N) is 1. The zero-order valence-electron chi connectivity index (χ0n) is 9.94. The maximum absolute atomic E-state index is 12.0. The van der Waals surface area contributed by atoms with Gasteiger partial charge in [-0.1, -0.05) is 11.6 Å². The highest BCUT2D eigenvalue weighted by Crippen LogP contribution is 2.23. The van der Waals surface area contributed by atoms with E-state index in [1.165, 1.54) is 0 Å². The van der Waals surface area contributed by atoms with Crippen molar-refractivity contribution < 1.29 is 13.2 Å². The second kappa shape index (κ2) is 4.55. The van der Waals surface area contributed by atoms with Gasteiger partial charge in [-0.15, -0.1) is 0 Å². The Morgan fingerprint density at radius 3 is 2.44 bits per heavy atom. The highest BCUT2D eigenvalue weighted by atomic mass is 35.5. The molecule has 1 N–H and O–H groups in total. The van der Waals surface area contributed by atoms with Crippen molar-refractivity contribution in [3.05, 3.63) is 34.9 Å². The normalized spacial score (nSPS) is 25.9. The van der Waals surface area contributed by atoms with Crippen LogP contribution in [0.1, 0.15) is 23.7 Å². The zero-order valence-corrected chi connectivity index (χ0v) is 11.5. The van der Waals surface area contributed by atoms with E-state index in [1.54, 1.807) is 31.2 Å². The van der Waals surface area contributed by atoms with E-state index in [-0.39, 0.29) is 17.4 Å². The van der Waals surface area contributed by atoms with Crippen molar-refractivity contribution in [3.8, 4) is 0 Å². The van der Waals surface area contributed by atoms with Gasteiger partial charge in [0.25, 0.3) is 5.91 Å². The number of halogens is 1. The first-order chi connectivity index (χ1) is 8.30. The summed E-state index contributed by atoms with van der Waals surface area (Å²) in [5.74, 6) is -0.143. The summed E-state index contributed by atoms with van der Waals surface area (Å²) in [6.07, 6.45) is 0.453. The molecule has 4 nitrogen and oxygen atoms in total. The average molecular weight is 288 g/mol. The Balaban J connectivity index is 2.10. The SMILES string of the molecule is C[C@]1(NC(=O)c2ccc(Cl)cc2)CCS(=O)(=O)C1. The summed E-state index contributed by atoms with van der Waals surface area (Å²) >= 11 is 5.74. The molecule has 1 aromatic rings. The van der Waals surface area contributed by atoms with Gasteiger partial charge in [0.2, 0.25) is 0 Å². The molecular weight excluding hydrogens is 274 g/mol. The van der Waals surface area contributed by atoms with E-state index in [0.29, 0.717) is 17.0 Å². The predicted molar refractivity (Wildman–Crippen MR) is 70.6 cm³/mol. The van der Waals surface area contributed by atoms with E-state index in [1.807, 2.05) is 0 Å². The topological polar surface area (TPSA) is 63.2 Å². The van der Waals surface area contributed by atoms with Gasteiger partial charge in [0.05, 0.1) is 17.0 Å². The monoisotopic (exact) mass is 287 g/mol. The molecule has 1 heterocycles. The van der Waals surface area contributed by atoms with Crippen LogP contribution in [0.15, 0.2) is 24.3 Å². The molecule has 1 aliphatic rings. The molecule has 1 aliphatic heterocycles. The first kappa shape index (κ1) is 13.4. The van der Waals surface area contributed by atoms with Gasteiger partial charge in [-0.25, -0.2) is 8.42 Å². The quantitative estimate of drug-likeness (QED) is 0.899. The smallest absolute Gasteiger partial charge is 0.251 e. The van der Waals surface area contributed by atoms with Crippen molar-refractivity contribution in [2.24, 2.45) is 0 Å². The number of rotatable bonds is 2. The molecule has 0 bridgehead atoms. The van der Waals surface area contributed by atoms with Crippen LogP contribution in [0.5, 0.6) is 0 Å². The number of amides is 1. The summed E-state index contributed by atoms with van der Waals surface area (Å²) in [5, 5.41) is 3.34. The minimum absolute atomic E-state index is 0.000665. The van der Waals surface area contributed by atoms with E-state index in [2.05, 4.69) is 5.32 Å². The zero-order chi connectivity index (χ0) is 13.4. The lowest BCUT2D eigenvalue weighted by Gasteiger charge is -2.23. The molecule has 0 unspecified atom stereocenters. The van der Waals surface area contributed by atoms with Crippen molar-refractivity contribution >= 4 is 27.3 Å². The number of benzene rings is 1. The van der Waals surface area contributed by atoms with E-state index >= 15 is 0 Å². The second-order valence-corrected chi connectivity index (χ2v) is 7.48. The lowest BCUT2D eigenvalue weighted by molar-refractivity contribution is 0.0915. The maximum atomic E-state index is 12.0. The van der Waals surface area contributed by atoms with Crippen LogP contribution in [0.25, 0.3) is 0 Å². The molecule has 1 amide bonds. The Morgan fingerprint density at radius 2 is 1.94 bits per heavy atom. The molecule has 0 saturated carbocycles. The third-order valence-corrected chi connectivity index (χ3v) is 5.18. The molecule has 0 aliphatic carbocycles. The average Bonchev–Trinajstić information content (AvgIpc) is 2.53. The fourth-order valence-corrected chi connectivity index (χ4v) is 4.28. The standard InChI is InChI=1S/C12H14ClNO3S/c1-12(6-7-18(16,17)8-12)14-11(15)9-2-4-10(13)5-3-9/h2-5H,6-8H2,1H3,(H,14,15)/t12-/m0/s1. The first-order valence-electron chi connectivity index (χ1n) is 5.58. The minimum atomic E-state index is -3.02. The highest BCUT2D eigenvalue weighted by molar-refractivity contribution is 7.91. The second-order valence-electron chi connectivity index (χ2n) is 4.86. The van der Waals surface area contributed by atoms with Crippen LogP contribution in [-0.2, 0) is 9.84 Å². The molecule has 6 heteroatoms. The van der Waals surface area contributed by atoms with E-state index in [4.69, 9.17) is 11.6 Å². The molecule has 98 valence electrons. The Hall–Kier alpha value is -1.07. The van der Waals surface area contributed by atoms with Gasteiger partial charge in [0.1, 0.15) is 0 Å². The highest BCUT2D eigenvalue weighted by Gasteiger charge is 2.39. The first-order valence-corrected chi connectivity index (χ1v) is 7.78. The summed E-state index contributed by atoms with van der Waals surface area (Å²) in [7, 11) is -3.02. The van der Waals surface area contributed by atoms with Crippen LogP contribution in [0.3, 0.4) is 0 Å². The van der Waals surface area contributed by atoms with E-state index in [0.717, 1.165) is 0 Å². The summed E-state index contributed by atoms with van der Waals surface area (Å²) < 4.78 is 22.9. The van der Waals surface area contributed by atoms with Crippen LogP contribution in [0, 0.1) is 0 Å². The largest absolute Gasteiger partial charge is 0.346 e. The van der Waals surface area contributed by atoms with Gasteiger partial charge in [-0.3, -0.25) is 4.79 Å². The van der Waals surface area contributed by atoms with Crippen LogP contribution in [0.4, 0.5) is 0 Å². The van der Waals surface area contributed by atoms with Gasteiger partial charge < -0.3 is 5.32 Å². The van der Waals surface area contributed by atoms with Crippen molar-refractivity contribution in [2.45, 2.75) is 18.9 Å². The fraction of sp³-hybridized carbons (Fsp3) is 0.417. The van der Waals surface area contributed by atoms with Crippen LogP contribution < -0.4 is 5.32 Å². The molecule has 0 radical (unpaired) electrons. The van der Waals surface area contributed by atoms with Gasteiger partial charge in [-0.05, 0) is 37.6 Å². The molecule has 18 heavy (non-hydrogen) atoms. The molecule has 1 atom stereocenters. The van der Waals surface area contributed by atoms with Crippen LogP contribution in [0.2, 0.25) is 5.02 Å². The van der Waals surface area contributed by atoms with E-state index in [9.17, 15) is 13.2 Å². The number of sulfone groups is 1. The lowest BCUT2D eigenvalue weighted by Crippen LogP contribution is -2.46. The van der Waals surface area contributed by atoms with E-state index < -0.39 is 15.4 Å². The lowest BCUT2D eigenvalue weighted by atomic mass is 10.0. The van der Waals surface area contributed by atoms with Crippen molar-refractivity contribution in [1.29, 1.82) is 0 Å². The molecular formula is C12H14ClNO3S. The van der Waals surface area contributed by atoms with Crippen LogP contribution in [-0.4, -0.2) is 31.4 Å². The molecule has 0 spiro atoms. The van der Waals surface area contributed by atoms with Gasteiger partial charge in [0, 0.05) is 10.6 Å². The van der Waals surface area contributed by atoms with Crippen molar-refractivity contribution in [3.63, 3.8) is 0 Å². The molecule has 1 saturated heterocycles. The van der Waals surface area contributed by atoms with Crippen molar-refractivity contribution in [2.75, 3.05) is 11.5 Å². The predicted octanol–water partition coefficient (Wildman–Crippen LogP) is 1.65. The number of hydrogen-bond acceptors (Lipinski definition) is 3. The van der Waals surface area contributed by atoms with Gasteiger partial charge in [0.15, 0.2) is 9.84 Å². The number of carbonyl (C=O) groups excluding carboxylic acids is 1. The van der Waals surface area contributed by atoms with Crippen molar-refractivity contribution in [1.82, 2.24) is 5.32 Å². The summed E-state index contributed by atoms with van der Waals surface area (Å²) in [6.45, 7) is 1.76. The Kier molecular flexibility index (Phi) is 3.38. The van der Waals surface area contributed by atoms with Gasteiger partial charge >= 0.3 is 0 Å². The number of hydrogen-bond donors (Lipinski definition) is 1. The third kappa shape index (κ3) is 3.03. The summed E-state index contributed by atoms with van der Waals surface area (Å²) in [6, 6.07) is 6.49. The minimum Gasteiger partial charge on any atom is -0.346 e. The summed E-state index contributed by atoms with van der Waals surface area (Å²) in [4.78, 5) is 12.0. The molecule has 1 fully saturated rings. The Morgan fingerprint density at radius 1 is 1.33 bits per heavy atom. The summed E-state index contributed by atoms with van der Waals surface area (Å²) in [5.41, 5.74) is -0.194. The van der Waals surface area contributed by atoms with Crippen LogP contribution >= 0.6 is 11.6 Å². The van der Waals surface area contributed by atoms with Gasteiger partial charge in [-0.2, -0.15) is 0 Å². The Bertz CT molecular complexity index is 567. The molecule has 1 aromatic carbocycles. The number of carbonyl (C=O) groups is 1. The third-order valence-electron chi connectivity index (χ3n) is 3.03. The Labute approximate surface area is 111 Å².